The lowest BCUT2D eigenvalue weighted by atomic mass is 9.76. The Morgan fingerprint density at radius 1 is 1.30 bits per heavy atom. The number of nitrogens with zero attached hydrogens (tertiary/aromatic N) is 1. The molecule has 1 aliphatic heterocycles. The fourth-order valence-electron chi connectivity index (χ4n) is 3.09. The summed E-state index contributed by atoms with van der Waals surface area (Å²) in [7, 11) is 0. The minimum atomic E-state index is -0.785. The Kier molecular flexibility index (Phi) is 5.59. The van der Waals surface area contributed by atoms with Gasteiger partial charge >= 0.3 is 5.97 Å². The molecular formula is C19H25NO3. The van der Waals surface area contributed by atoms with Crippen molar-refractivity contribution in [3.8, 4) is 0 Å². The number of benzene rings is 1. The molecule has 4 heteroatoms. The van der Waals surface area contributed by atoms with Crippen molar-refractivity contribution >= 4 is 18.0 Å². The molecule has 1 N–H and O–H groups in total. The van der Waals surface area contributed by atoms with Crippen molar-refractivity contribution in [1.29, 1.82) is 0 Å². The van der Waals surface area contributed by atoms with Crippen molar-refractivity contribution in [2.24, 2.45) is 11.3 Å². The molecular weight excluding hydrogens is 290 g/mol. The van der Waals surface area contributed by atoms with E-state index in [1.165, 1.54) is 0 Å². The van der Waals surface area contributed by atoms with Crippen LogP contribution in [0.15, 0.2) is 36.4 Å². The molecule has 0 radical (unpaired) electrons. The summed E-state index contributed by atoms with van der Waals surface area (Å²) in [5.74, 6) is -0.714. The summed E-state index contributed by atoms with van der Waals surface area (Å²) in [4.78, 5) is 25.6. The quantitative estimate of drug-likeness (QED) is 0.875. The van der Waals surface area contributed by atoms with Gasteiger partial charge in [-0.3, -0.25) is 9.59 Å². The maximum absolute atomic E-state index is 12.3. The molecule has 1 amide bonds. The average molecular weight is 315 g/mol. The number of carbonyl (C=O) groups excluding carboxylic acids is 1. The lowest BCUT2D eigenvalue weighted by Gasteiger charge is -2.28. The first kappa shape index (κ1) is 17.3. The van der Waals surface area contributed by atoms with Gasteiger partial charge in [-0.25, -0.2) is 0 Å². The Morgan fingerprint density at radius 3 is 2.57 bits per heavy atom. The highest BCUT2D eigenvalue weighted by atomic mass is 16.4. The monoisotopic (exact) mass is 315 g/mol. The second-order valence-corrected chi connectivity index (χ2v) is 6.53. The zero-order valence-corrected chi connectivity index (χ0v) is 13.9. The van der Waals surface area contributed by atoms with Crippen LogP contribution in [-0.4, -0.2) is 35.0 Å². The molecule has 1 aliphatic rings. The topological polar surface area (TPSA) is 57.6 Å². The van der Waals surface area contributed by atoms with Gasteiger partial charge in [0.15, 0.2) is 0 Å². The van der Waals surface area contributed by atoms with Crippen LogP contribution in [0, 0.1) is 11.3 Å². The summed E-state index contributed by atoms with van der Waals surface area (Å²) < 4.78 is 0. The summed E-state index contributed by atoms with van der Waals surface area (Å²) in [6.07, 6.45) is 5.65. The van der Waals surface area contributed by atoms with Gasteiger partial charge in [0.25, 0.3) is 0 Å². The second-order valence-electron chi connectivity index (χ2n) is 6.53. The predicted molar refractivity (Wildman–Crippen MR) is 90.8 cm³/mol. The zero-order valence-electron chi connectivity index (χ0n) is 13.9. The van der Waals surface area contributed by atoms with E-state index in [2.05, 4.69) is 0 Å². The molecule has 2 rings (SSSR count). The average Bonchev–Trinajstić information content (AvgIpc) is 2.99. The summed E-state index contributed by atoms with van der Waals surface area (Å²) >= 11 is 0. The molecule has 1 aromatic rings. The van der Waals surface area contributed by atoms with E-state index in [0.717, 1.165) is 5.56 Å². The molecule has 1 fully saturated rings. The third-order valence-electron chi connectivity index (χ3n) is 4.82. The number of rotatable bonds is 6. The number of carbonyl (C=O) groups is 2. The molecule has 1 unspecified atom stereocenters. The molecule has 124 valence electrons. The van der Waals surface area contributed by atoms with Gasteiger partial charge in [-0.05, 0) is 24.3 Å². The third-order valence-corrected chi connectivity index (χ3v) is 4.82. The van der Waals surface area contributed by atoms with Crippen LogP contribution in [0.2, 0.25) is 0 Å². The molecule has 0 spiro atoms. The van der Waals surface area contributed by atoms with E-state index >= 15 is 0 Å². The van der Waals surface area contributed by atoms with Crippen molar-refractivity contribution in [3.63, 3.8) is 0 Å². The number of hydrogen-bond acceptors (Lipinski definition) is 2. The summed E-state index contributed by atoms with van der Waals surface area (Å²) in [5.41, 5.74) is 0.334. The van der Waals surface area contributed by atoms with Crippen LogP contribution in [0.25, 0.3) is 6.08 Å². The number of allylic oxidation sites excluding steroid dienone is 1. The van der Waals surface area contributed by atoms with Gasteiger partial charge < -0.3 is 10.0 Å². The van der Waals surface area contributed by atoms with Crippen LogP contribution in [0.3, 0.4) is 0 Å². The molecule has 4 nitrogen and oxygen atoms in total. The fourth-order valence-corrected chi connectivity index (χ4v) is 3.09. The maximum Gasteiger partial charge on any atom is 0.311 e. The van der Waals surface area contributed by atoms with Gasteiger partial charge in [-0.2, -0.15) is 0 Å². The lowest BCUT2D eigenvalue weighted by molar-refractivity contribution is -0.151. The maximum atomic E-state index is 12.3. The number of carboxylic acids is 1. The normalized spacial score (nSPS) is 21.3. The Morgan fingerprint density at radius 2 is 2.00 bits per heavy atom. The van der Waals surface area contributed by atoms with Crippen LogP contribution in [-0.2, 0) is 9.59 Å². The van der Waals surface area contributed by atoms with Gasteiger partial charge in [-0.15, -0.1) is 0 Å². The molecule has 0 bridgehead atoms. The molecule has 1 saturated heterocycles. The standard InChI is InChI=1S/C19H25NO3/c1-15(2)19(18(22)23)12-13-20(14-19)17(21)11-7-6-10-16-8-4-3-5-9-16/h3-6,8-10,15H,7,11-14H2,1-2H3,(H,22,23)/b10-6+. The third kappa shape index (κ3) is 4.01. The van der Waals surface area contributed by atoms with Gasteiger partial charge in [0.2, 0.25) is 5.91 Å². The highest BCUT2D eigenvalue weighted by Crippen LogP contribution is 2.38. The fraction of sp³-hybridized carbons (Fsp3) is 0.474. The zero-order chi connectivity index (χ0) is 16.9. The van der Waals surface area contributed by atoms with E-state index in [1.807, 2.05) is 56.3 Å². The van der Waals surface area contributed by atoms with E-state index in [4.69, 9.17) is 0 Å². The summed E-state index contributed by atoms with van der Waals surface area (Å²) in [6.45, 7) is 4.72. The Balaban J connectivity index is 1.85. The van der Waals surface area contributed by atoms with Crippen molar-refractivity contribution in [2.45, 2.75) is 33.1 Å². The van der Waals surface area contributed by atoms with Crippen LogP contribution in [0.4, 0.5) is 0 Å². The molecule has 0 aliphatic carbocycles. The van der Waals surface area contributed by atoms with Crippen LogP contribution in [0.1, 0.15) is 38.7 Å². The van der Waals surface area contributed by atoms with Crippen LogP contribution in [0.5, 0.6) is 0 Å². The highest BCUT2D eigenvalue weighted by Gasteiger charge is 2.48. The van der Waals surface area contributed by atoms with E-state index in [0.29, 0.717) is 32.4 Å². The van der Waals surface area contributed by atoms with E-state index in [1.54, 1.807) is 4.90 Å². The molecule has 0 saturated carbocycles. The van der Waals surface area contributed by atoms with Gasteiger partial charge in [0.05, 0.1) is 5.41 Å². The SMILES string of the molecule is CC(C)C1(C(=O)O)CCN(C(=O)CC/C=C/c2ccccc2)C1. The minimum Gasteiger partial charge on any atom is -0.481 e. The first-order valence-corrected chi connectivity index (χ1v) is 8.18. The van der Waals surface area contributed by atoms with Crippen molar-refractivity contribution < 1.29 is 14.7 Å². The van der Waals surface area contributed by atoms with Gasteiger partial charge in [-0.1, -0.05) is 56.3 Å². The first-order chi connectivity index (χ1) is 11.0. The lowest BCUT2D eigenvalue weighted by Crippen LogP contribution is -2.40. The first-order valence-electron chi connectivity index (χ1n) is 8.18. The number of aliphatic carboxylic acids is 1. The largest absolute Gasteiger partial charge is 0.481 e. The van der Waals surface area contributed by atoms with Crippen LogP contribution >= 0.6 is 0 Å². The Labute approximate surface area is 137 Å². The predicted octanol–water partition coefficient (Wildman–Crippen LogP) is 3.44. The van der Waals surface area contributed by atoms with Crippen molar-refractivity contribution in [1.82, 2.24) is 4.90 Å². The van der Waals surface area contributed by atoms with Crippen molar-refractivity contribution in [3.05, 3.63) is 42.0 Å². The highest BCUT2D eigenvalue weighted by molar-refractivity contribution is 5.81. The van der Waals surface area contributed by atoms with Crippen molar-refractivity contribution in [2.75, 3.05) is 13.1 Å². The Bertz CT molecular complexity index is 580. The van der Waals surface area contributed by atoms with Gasteiger partial charge in [0, 0.05) is 19.5 Å². The van der Waals surface area contributed by atoms with Crippen LogP contribution < -0.4 is 0 Å². The smallest absolute Gasteiger partial charge is 0.311 e. The molecule has 0 aromatic heterocycles. The number of amides is 1. The number of carboxylic acid groups (broad SMARTS) is 1. The summed E-state index contributed by atoms with van der Waals surface area (Å²) in [5, 5.41) is 9.52. The number of hydrogen-bond donors (Lipinski definition) is 1. The molecule has 1 aromatic carbocycles. The second kappa shape index (κ2) is 7.44. The number of likely N-dealkylation sites (tertiary alicyclic amines) is 1. The molecule has 1 atom stereocenters. The van der Waals surface area contributed by atoms with E-state index in [-0.39, 0.29) is 11.8 Å². The van der Waals surface area contributed by atoms with E-state index in [9.17, 15) is 14.7 Å². The van der Waals surface area contributed by atoms with Gasteiger partial charge in [0.1, 0.15) is 0 Å². The molecule has 23 heavy (non-hydrogen) atoms. The Hall–Kier alpha value is -2.10. The summed E-state index contributed by atoms with van der Waals surface area (Å²) in [6, 6.07) is 9.96. The van der Waals surface area contributed by atoms with E-state index < -0.39 is 11.4 Å². The minimum absolute atomic E-state index is 0.0239. The molecule has 1 heterocycles.